The molecule has 0 unspecified atom stereocenters. The summed E-state index contributed by atoms with van der Waals surface area (Å²) >= 11 is 0. The number of nitrogens with zero attached hydrogens (tertiary/aromatic N) is 2. The monoisotopic (exact) mass is 281 g/mol. The van der Waals surface area contributed by atoms with E-state index in [1.165, 1.54) is 13.2 Å². The molecule has 0 saturated carbocycles. The molecule has 0 spiro atoms. The highest BCUT2D eigenvalue weighted by atomic mass is 19.1. The minimum absolute atomic E-state index is 0.0981. The van der Waals surface area contributed by atoms with Crippen LogP contribution >= 0.6 is 0 Å². The molecule has 7 heteroatoms. The third kappa shape index (κ3) is 3.39. The van der Waals surface area contributed by atoms with Crippen molar-refractivity contribution in [1.82, 2.24) is 9.97 Å². The van der Waals surface area contributed by atoms with Gasteiger partial charge < -0.3 is 14.8 Å². The maximum absolute atomic E-state index is 13.5. The minimum Gasteiger partial charge on any atom is -0.436 e. The van der Waals surface area contributed by atoms with Crippen molar-refractivity contribution < 1.29 is 18.3 Å². The fraction of sp³-hybridized carbons (Fsp3) is 0.231. The number of halogens is 2. The van der Waals surface area contributed by atoms with Gasteiger partial charge in [-0.1, -0.05) is 0 Å². The van der Waals surface area contributed by atoms with Crippen LogP contribution in [0.15, 0.2) is 24.3 Å². The second-order valence-electron chi connectivity index (χ2n) is 3.87. The molecule has 0 atom stereocenters. The van der Waals surface area contributed by atoms with Crippen molar-refractivity contribution in [2.24, 2.45) is 0 Å². The molecule has 2 rings (SSSR count). The number of aromatic nitrogens is 2. The number of methoxy groups -OCH3 is 1. The van der Waals surface area contributed by atoms with E-state index < -0.39 is 11.6 Å². The first-order valence-corrected chi connectivity index (χ1v) is 5.80. The predicted molar refractivity (Wildman–Crippen MR) is 68.7 cm³/mol. The van der Waals surface area contributed by atoms with E-state index in [9.17, 15) is 8.78 Å². The number of hydrogen-bond donors (Lipinski definition) is 1. The van der Waals surface area contributed by atoms with Crippen molar-refractivity contribution in [2.45, 2.75) is 6.61 Å². The number of benzene rings is 1. The van der Waals surface area contributed by atoms with Crippen LogP contribution in [-0.2, 0) is 11.3 Å². The van der Waals surface area contributed by atoms with Crippen LogP contribution in [0, 0.1) is 11.6 Å². The third-order valence-corrected chi connectivity index (χ3v) is 2.39. The Bertz CT molecular complexity index is 608. The highest BCUT2D eigenvalue weighted by Gasteiger charge is 2.10. The van der Waals surface area contributed by atoms with E-state index >= 15 is 0 Å². The Balaban J connectivity index is 2.32. The number of nitrogens with one attached hydrogen (secondary N) is 1. The van der Waals surface area contributed by atoms with Crippen molar-refractivity contribution in [3.63, 3.8) is 0 Å². The molecule has 1 N–H and O–H groups in total. The molecule has 0 radical (unpaired) electrons. The Morgan fingerprint density at radius 2 is 2.00 bits per heavy atom. The Labute approximate surface area is 114 Å². The summed E-state index contributed by atoms with van der Waals surface area (Å²) in [7, 11) is 3.17. The van der Waals surface area contributed by atoms with E-state index in [1.54, 1.807) is 7.05 Å². The summed E-state index contributed by atoms with van der Waals surface area (Å²) in [5, 5.41) is 2.82. The summed E-state index contributed by atoms with van der Waals surface area (Å²) in [6, 6.07) is 4.43. The van der Waals surface area contributed by atoms with Crippen LogP contribution in [0.5, 0.6) is 11.6 Å². The van der Waals surface area contributed by atoms with Gasteiger partial charge in [0.1, 0.15) is 18.2 Å². The highest BCUT2D eigenvalue weighted by molar-refractivity contribution is 5.39. The zero-order valence-corrected chi connectivity index (χ0v) is 11.0. The van der Waals surface area contributed by atoms with Crippen LogP contribution in [0.2, 0.25) is 0 Å². The number of anilines is 1. The highest BCUT2D eigenvalue weighted by Crippen LogP contribution is 2.25. The topological polar surface area (TPSA) is 56.3 Å². The molecule has 0 bridgehead atoms. The summed E-state index contributed by atoms with van der Waals surface area (Å²) in [6.07, 6.45) is 0. The van der Waals surface area contributed by atoms with E-state index in [0.717, 1.165) is 18.2 Å². The Kier molecular flexibility index (Phi) is 4.41. The molecule has 1 aromatic carbocycles. The molecule has 0 aliphatic rings. The van der Waals surface area contributed by atoms with Crippen molar-refractivity contribution in [2.75, 3.05) is 19.5 Å². The smallest absolute Gasteiger partial charge is 0.224 e. The van der Waals surface area contributed by atoms with E-state index in [1.807, 2.05) is 0 Å². The lowest BCUT2D eigenvalue weighted by Crippen LogP contribution is -2.03. The lowest BCUT2D eigenvalue weighted by molar-refractivity contribution is 0.177. The normalized spacial score (nSPS) is 10.4. The van der Waals surface area contributed by atoms with Crippen molar-refractivity contribution in [1.29, 1.82) is 0 Å². The zero-order chi connectivity index (χ0) is 14.5. The van der Waals surface area contributed by atoms with Gasteiger partial charge >= 0.3 is 0 Å². The minimum atomic E-state index is -0.677. The van der Waals surface area contributed by atoms with E-state index in [2.05, 4.69) is 15.3 Å². The summed E-state index contributed by atoms with van der Waals surface area (Å²) < 4.78 is 36.8. The summed E-state index contributed by atoms with van der Waals surface area (Å²) in [6.45, 7) is 0.178. The number of hydrogen-bond acceptors (Lipinski definition) is 5. The molecule has 106 valence electrons. The van der Waals surface area contributed by atoms with Crippen molar-refractivity contribution in [3.05, 3.63) is 41.7 Å². The summed E-state index contributed by atoms with van der Waals surface area (Å²) in [5.41, 5.74) is 0. The van der Waals surface area contributed by atoms with Gasteiger partial charge in [0.2, 0.25) is 5.88 Å². The molecule has 1 heterocycles. The second-order valence-corrected chi connectivity index (χ2v) is 3.87. The maximum atomic E-state index is 13.5. The van der Waals surface area contributed by atoms with Gasteiger partial charge in [-0.05, 0) is 12.1 Å². The van der Waals surface area contributed by atoms with Gasteiger partial charge in [-0.25, -0.2) is 13.8 Å². The Hall–Kier alpha value is -2.28. The van der Waals surface area contributed by atoms with E-state index in [-0.39, 0.29) is 18.2 Å². The van der Waals surface area contributed by atoms with Crippen molar-refractivity contribution in [3.8, 4) is 11.6 Å². The average Bonchev–Trinajstić information content (AvgIpc) is 2.43. The molecule has 0 aliphatic carbocycles. The summed E-state index contributed by atoms with van der Waals surface area (Å²) in [5.74, 6) is -0.564. The van der Waals surface area contributed by atoms with Gasteiger partial charge in [0.15, 0.2) is 17.4 Å². The molecule has 5 nitrogen and oxygen atoms in total. The van der Waals surface area contributed by atoms with Crippen LogP contribution in [-0.4, -0.2) is 24.1 Å². The second kappa shape index (κ2) is 6.25. The molecule has 0 amide bonds. The maximum Gasteiger partial charge on any atom is 0.224 e. The van der Waals surface area contributed by atoms with Crippen LogP contribution in [0.1, 0.15) is 5.82 Å². The number of rotatable bonds is 5. The zero-order valence-electron chi connectivity index (χ0n) is 11.0. The molecular weight excluding hydrogens is 268 g/mol. The van der Waals surface area contributed by atoms with Gasteiger partial charge in [-0.2, -0.15) is 4.98 Å². The quantitative estimate of drug-likeness (QED) is 0.913. The predicted octanol–water partition coefficient (Wildman–Crippen LogP) is 2.74. The fourth-order valence-corrected chi connectivity index (χ4v) is 1.51. The molecule has 2 aromatic rings. The number of ether oxygens (including phenoxy) is 2. The fourth-order valence-electron chi connectivity index (χ4n) is 1.51. The largest absolute Gasteiger partial charge is 0.436 e. The van der Waals surface area contributed by atoms with Gasteiger partial charge in [0.25, 0.3) is 0 Å². The molecule has 20 heavy (non-hydrogen) atoms. The molecule has 0 aliphatic heterocycles. The molecule has 1 aromatic heterocycles. The molecular formula is C13H13F2N3O2. The van der Waals surface area contributed by atoms with Gasteiger partial charge in [-0.3, -0.25) is 0 Å². The standard InChI is InChI=1S/C13H13F2N3O2/c1-16-11-6-13(18-12(17-11)7-19-2)20-10-5-8(14)3-4-9(10)15/h3-6H,7H2,1-2H3,(H,16,17,18). The van der Waals surface area contributed by atoms with E-state index in [4.69, 9.17) is 9.47 Å². The lowest BCUT2D eigenvalue weighted by Gasteiger charge is -2.09. The van der Waals surface area contributed by atoms with Crippen LogP contribution in [0.3, 0.4) is 0 Å². The van der Waals surface area contributed by atoms with Crippen LogP contribution in [0.4, 0.5) is 14.6 Å². The molecule has 0 fully saturated rings. The van der Waals surface area contributed by atoms with Crippen LogP contribution < -0.4 is 10.1 Å². The van der Waals surface area contributed by atoms with E-state index in [0.29, 0.717) is 11.6 Å². The third-order valence-electron chi connectivity index (χ3n) is 2.39. The Morgan fingerprint density at radius 1 is 1.20 bits per heavy atom. The average molecular weight is 281 g/mol. The SMILES string of the molecule is CNc1cc(Oc2cc(F)ccc2F)nc(COC)n1. The molecule has 0 saturated heterocycles. The van der Waals surface area contributed by atoms with Crippen LogP contribution in [0.25, 0.3) is 0 Å². The summed E-state index contributed by atoms with van der Waals surface area (Å²) in [4.78, 5) is 8.18. The van der Waals surface area contributed by atoms with Gasteiger partial charge in [0, 0.05) is 26.3 Å². The van der Waals surface area contributed by atoms with Gasteiger partial charge in [0.05, 0.1) is 0 Å². The first-order valence-electron chi connectivity index (χ1n) is 5.80. The van der Waals surface area contributed by atoms with Gasteiger partial charge in [-0.15, -0.1) is 0 Å². The van der Waals surface area contributed by atoms with Crippen molar-refractivity contribution >= 4 is 5.82 Å². The Morgan fingerprint density at radius 3 is 2.70 bits per heavy atom. The first kappa shape index (κ1) is 14.1. The first-order chi connectivity index (χ1) is 9.62. The lowest BCUT2D eigenvalue weighted by atomic mass is 10.3.